The average molecular weight is 315 g/mol. The van der Waals surface area contributed by atoms with E-state index in [1.165, 1.54) is 6.07 Å². The van der Waals surface area contributed by atoms with Crippen molar-refractivity contribution in [2.75, 3.05) is 5.32 Å². The monoisotopic (exact) mass is 313 g/mol. The van der Waals surface area contributed by atoms with E-state index in [4.69, 9.17) is 34.8 Å². The predicted molar refractivity (Wildman–Crippen MR) is 80.4 cm³/mol. The van der Waals surface area contributed by atoms with E-state index in [1.807, 2.05) is 12.1 Å². The maximum Gasteiger partial charge on any atom is 0.257 e. The number of benzene rings is 2. The Morgan fingerprint density at radius 2 is 1.74 bits per heavy atom. The lowest BCUT2D eigenvalue weighted by molar-refractivity contribution is 0.102. The first-order valence-electron chi connectivity index (χ1n) is 5.51. The van der Waals surface area contributed by atoms with Crippen LogP contribution in [0.25, 0.3) is 0 Å². The topological polar surface area (TPSA) is 29.1 Å². The minimum atomic E-state index is -0.278. The molecule has 0 saturated heterocycles. The molecule has 98 valence electrons. The first-order valence-corrected chi connectivity index (χ1v) is 6.80. The van der Waals surface area contributed by atoms with Gasteiger partial charge in [-0.2, -0.15) is 0 Å². The highest BCUT2D eigenvalue weighted by molar-refractivity contribution is 6.37. The molecular formula is C14H10Cl3NO. The Kier molecular flexibility index (Phi) is 4.70. The first kappa shape index (κ1) is 14.2. The average Bonchev–Trinajstić information content (AvgIpc) is 2.39. The van der Waals surface area contributed by atoms with Crippen LogP contribution in [0, 0.1) is 0 Å². The molecule has 1 amide bonds. The van der Waals surface area contributed by atoms with Crippen LogP contribution in [0.2, 0.25) is 10.0 Å². The van der Waals surface area contributed by atoms with Crippen LogP contribution >= 0.6 is 34.8 Å². The lowest BCUT2D eigenvalue weighted by atomic mass is 10.2. The highest BCUT2D eigenvalue weighted by Gasteiger charge is 2.10. The fourth-order valence-corrected chi connectivity index (χ4v) is 2.22. The summed E-state index contributed by atoms with van der Waals surface area (Å²) in [6.07, 6.45) is 0. The highest BCUT2D eigenvalue weighted by atomic mass is 35.5. The number of anilines is 1. The SMILES string of the molecule is O=C(Nc1ccc(CCl)cc1)c1ccc(Cl)cc1Cl. The Bertz CT molecular complexity index is 596. The molecule has 0 heterocycles. The van der Waals surface area contributed by atoms with E-state index in [0.717, 1.165) is 5.56 Å². The van der Waals surface area contributed by atoms with E-state index in [-0.39, 0.29) is 5.91 Å². The second-order valence-electron chi connectivity index (χ2n) is 3.91. The maximum atomic E-state index is 12.0. The molecule has 0 spiro atoms. The Labute approximate surface area is 126 Å². The van der Waals surface area contributed by atoms with E-state index in [1.54, 1.807) is 24.3 Å². The smallest absolute Gasteiger partial charge is 0.257 e. The molecular weight excluding hydrogens is 305 g/mol. The molecule has 0 aliphatic heterocycles. The summed E-state index contributed by atoms with van der Waals surface area (Å²) in [6.45, 7) is 0. The highest BCUT2D eigenvalue weighted by Crippen LogP contribution is 2.22. The number of halogens is 3. The Balaban J connectivity index is 2.15. The van der Waals surface area contributed by atoms with Crippen LogP contribution in [-0.4, -0.2) is 5.91 Å². The largest absolute Gasteiger partial charge is 0.322 e. The molecule has 2 nitrogen and oxygen atoms in total. The zero-order valence-electron chi connectivity index (χ0n) is 9.79. The van der Waals surface area contributed by atoms with Crippen LogP contribution in [0.4, 0.5) is 5.69 Å². The summed E-state index contributed by atoms with van der Waals surface area (Å²) in [6, 6.07) is 12.0. The molecule has 1 N–H and O–H groups in total. The molecule has 0 atom stereocenters. The Hall–Kier alpha value is -1.22. The van der Waals surface area contributed by atoms with Crippen LogP contribution < -0.4 is 5.32 Å². The number of alkyl halides is 1. The van der Waals surface area contributed by atoms with Gasteiger partial charge in [-0.1, -0.05) is 35.3 Å². The molecule has 0 aliphatic rings. The van der Waals surface area contributed by atoms with Crippen molar-refractivity contribution in [1.29, 1.82) is 0 Å². The van der Waals surface area contributed by atoms with Crippen LogP contribution in [0.3, 0.4) is 0 Å². The lowest BCUT2D eigenvalue weighted by Gasteiger charge is -2.07. The molecule has 0 radical (unpaired) electrons. The van der Waals surface area contributed by atoms with Gasteiger partial charge in [0.2, 0.25) is 0 Å². The Morgan fingerprint density at radius 1 is 1.05 bits per heavy atom. The lowest BCUT2D eigenvalue weighted by Crippen LogP contribution is -2.12. The quantitative estimate of drug-likeness (QED) is 0.795. The van der Waals surface area contributed by atoms with Gasteiger partial charge in [0.25, 0.3) is 5.91 Å². The molecule has 2 rings (SSSR count). The number of rotatable bonds is 3. The molecule has 0 aromatic heterocycles. The van der Waals surface area contributed by atoms with Gasteiger partial charge in [0, 0.05) is 16.6 Å². The normalized spacial score (nSPS) is 10.3. The number of amides is 1. The summed E-state index contributed by atoms with van der Waals surface area (Å²) in [5.74, 6) is 0.164. The minimum absolute atomic E-state index is 0.278. The van der Waals surface area contributed by atoms with Crippen LogP contribution in [-0.2, 0) is 5.88 Å². The maximum absolute atomic E-state index is 12.0. The molecule has 2 aromatic carbocycles. The summed E-state index contributed by atoms with van der Waals surface area (Å²) in [7, 11) is 0. The fraction of sp³-hybridized carbons (Fsp3) is 0.0714. The van der Waals surface area contributed by atoms with Crippen LogP contribution in [0.1, 0.15) is 15.9 Å². The molecule has 5 heteroatoms. The van der Waals surface area contributed by atoms with Crippen molar-refractivity contribution in [2.24, 2.45) is 0 Å². The van der Waals surface area contributed by atoms with E-state index in [2.05, 4.69) is 5.32 Å². The first-order chi connectivity index (χ1) is 9.10. The van der Waals surface area contributed by atoms with Crippen molar-refractivity contribution in [3.8, 4) is 0 Å². The number of hydrogen-bond donors (Lipinski definition) is 1. The summed E-state index contributed by atoms with van der Waals surface area (Å²) in [4.78, 5) is 12.0. The zero-order valence-corrected chi connectivity index (χ0v) is 12.1. The molecule has 0 fully saturated rings. The van der Waals surface area contributed by atoms with Gasteiger partial charge in [0.1, 0.15) is 0 Å². The van der Waals surface area contributed by atoms with E-state index >= 15 is 0 Å². The number of nitrogens with one attached hydrogen (secondary N) is 1. The number of hydrogen-bond acceptors (Lipinski definition) is 1. The van der Waals surface area contributed by atoms with Gasteiger partial charge in [0.05, 0.1) is 10.6 Å². The molecule has 0 unspecified atom stereocenters. The van der Waals surface area contributed by atoms with Crippen LogP contribution in [0.5, 0.6) is 0 Å². The van der Waals surface area contributed by atoms with Crippen molar-refractivity contribution >= 4 is 46.4 Å². The third kappa shape index (κ3) is 3.63. The van der Waals surface area contributed by atoms with Crippen molar-refractivity contribution in [3.63, 3.8) is 0 Å². The predicted octanol–water partition coefficient (Wildman–Crippen LogP) is 4.98. The van der Waals surface area contributed by atoms with Gasteiger partial charge in [-0.25, -0.2) is 0 Å². The standard InChI is InChI=1S/C14H10Cl3NO/c15-8-9-1-4-11(5-2-9)18-14(19)12-6-3-10(16)7-13(12)17/h1-7H,8H2,(H,18,19). The van der Waals surface area contributed by atoms with Crippen molar-refractivity contribution in [2.45, 2.75) is 5.88 Å². The summed E-state index contributed by atoms with van der Waals surface area (Å²) >= 11 is 17.5. The second-order valence-corrected chi connectivity index (χ2v) is 5.02. The van der Waals surface area contributed by atoms with Gasteiger partial charge in [-0.15, -0.1) is 11.6 Å². The molecule has 2 aromatic rings. The zero-order chi connectivity index (χ0) is 13.8. The number of carbonyl (C=O) groups is 1. The van der Waals surface area contributed by atoms with E-state index in [0.29, 0.717) is 27.2 Å². The van der Waals surface area contributed by atoms with E-state index < -0.39 is 0 Å². The molecule has 0 saturated carbocycles. The van der Waals surface area contributed by atoms with Crippen LogP contribution in [0.15, 0.2) is 42.5 Å². The van der Waals surface area contributed by atoms with Gasteiger partial charge in [-0.3, -0.25) is 4.79 Å². The third-order valence-electron chi connectivity index (χ3n) is 2.54. The minimum Gasteiger partial charge on any atom is -0.322 e. The van der Waals surface area contributed by atoms with Crippen molar-refractivity contribution in [1.82, 2.24) is 0 Å². The van der Waals surface area contributed by atoms with E-state index in [9.17, 15) is 4.79 Å². The Morgan fingerprint density at radius 3 is 2.32 bits per heavy atom. The van der Waals surface area contributed by atoms with Gasteiger partial charge in [-0.05, 0) is 35.9 Å². The second kappa shape index (κ2) is 6.29. The summed E-state index contributed by atoms with van der Waals surface area (Å²) < 4.78 is 0. The number of carbonyl (C=O) groups excluding carboxylic acids is 1. The van der Waals surface area contributed by atoms with Crippen molar-refractivity contribution in [3.05, 3.63) is 63.6 Å². The van der Waals surface area contributed by atoms with Crippen molar-refractivity contribution < 1.29 is 4.79 Å². The molecule has 0 bridgehead atoms. The molecule has 19 heavy (non-hydrogen) atoms. The van der Waals surface area contributed by atoms with Gasteiger partial charge >= 0.3 is 0 Å². The van der Waals surface area contributed by atoms with Gasteiger partial charge < -0.3 is 5.32 Å². The summed E-state index contributed by atoms with van der Waals surface area (Å²) in [5, 5.41) is 3.58. The van der Waals surface area contributed by atoms with Gasteiger partial charge in [0.15, 0.2) is 0 Å². The molecule has 0 aliphatic carbocycles. The summed E-state index contributed by atoms with van der Waals surface area (Å²) in [5.41, 5.74) is 2.06. The fourth-order valence-electron chi connectivity index (χ4n) is 1.55. The third-order valence-corrected chi connectivity index (χ3v) is 3.40.